The normalized spacial score (nSPS) is 24.8. The lowest BCUT2D eigenvalue weighted by Crippen LogP contribution is -2.32. The summed E-state index contributed by atoms with van der Waals surface area (Å²) in [6.45, 7) is 5.92. The first kappa shape index (κ1) is 14.5. The van der Waals surface area contributed by atoms with E-state index >= 15 is 0 Å². The van der Waals surface area contributed by atoms with Crippen LogP contribution in [0, 0.1) is 17.8 Å². The van der Waals surface area contributed by atoms with Gasteiger partial charge in [-0.3, -0.25) is 0 Å². The van der Waals surface area contributed by atoms with Crippen LogP contribution in [0.1, 0.15) is 44.7 Å². The molecule has 2 rings (SSSR count). The Bertz CT molecular complexity index is 363. The van der Waals surface area contributed by atoms with Crippen LogP contribution in [0.15, 0.2) is 30.3 Å². The monoisotopic (exact) mass is 261 g/mol. The Labute approximate surface area is 117 Å². The van der Waals surface area contributed by atoms with Crippen molar-refractivity contribution in [3.05, 3.63) is 35.9 Å². The molecule has 0 aliphatic heterocycles. The van der Waals surface area contributed by atoms with Gasteiger partial charge in [0, 0.05) is 12.6 Å². The summed E-state index contributed by atoms with van der Waals surface area (Å²) in [5, 5.41) is 13.1. The predicted molar refractivity (Wildman–Crippen MR) is 79.9 cm³/mol. The molecule has 1 aromatic carbocycles. The summed E-state index contributed by atoms with van der Waals surface area (Å²) in [4.78, 5) is 0. The minimum Gasteiger partial charge on any atom is -0.396 e. The Morgan fingerprint density at radius 1 is 1.16 bits per heavy atom. The van der Waals surface area contributed by atoms with Crippen molar-refractivity contribution in [1.82, 2.24) is 5.32 Å². The molecule has 0 radical (unpaired) electrons. The van der Waals surface area contributed by atoms with E-state index in [1.54, 1.807) is 0 Å². The maximum absolute atomic E-state index is 9.40. The number of aliphatic hydroxyl groups excluding tert-OH is 1. The van der Waals surface area contributed by atoms with E-state index < -0.39 is 0 Å². The molecule has 3 atom stereocenters. The van der Waals surface area contributed by atoms with Gasteiger partial charge in [-0.25, -0.2) is 0 Å². The number of hydrogen-bond donors (Lipinski definition) is 2. The van der Waals surface area contributed by atoms with Crippen LogP contribution in [0.5, 0.6) is 0 Å². The fourth-order valence-corrected chi connectivity index (χ4v) is 3.30. The summed E-state index contributed by atoms with van der Waals surface area (Å²) >= 11 is 0. The number of hydrogen-bond acceptors (Lipinski definition) is 2. The topological polar surface area (TPSA) is 32.3 Å². The fraction of sp³-hybridized carbons (Fsp3) is 0.647. The first-order chi connectivity index (χ1) is 9.22. The average Bonchev–Trinajstić information content (AvgIpc) is 2.87. The number of rotatable bonds is 6. The summed E-state index contributed by atoms with van der Waals surface area (Å²) in [5.41, 5.74) is 1.37. The van der Waals surface area contributed by atoms with Gasteiger partial charge in [-0.1, -0.05) is 50.6 Å². The minimum atomic E-state index is 0.351. The van der Waals surface area contributed by atoms with Gasteiger partial charge in [0.1, 0.15) is 0 Å². The molecule has 2 nitrogen and oxygen atoms in total. The van der Waals surface area contributed by atoms with Crippen LogP contribution in [-0.2, 0) is 0 Å². The molecular weight excluding hydrogens is 234 g/mol. The summed E-state index contributed by atoms with van der Waals surface area (Å²) in [7, 11) is 0. The molecule has 0 spiro atoms. The second kappa shape index (κ2) is 7.06. The molecule has 0 aromatic heterocycles. The molecule has 1 fully saturated rings. The van der Waals surface area contributed by atoms with Crippen molar-refractivity contribution < 1.29 is 5.11 Å². The Morgan fingerprint density at radius 2 is 1.84 bits per heavy atom. The molecule has 0 bridgehead atoms. The molecule has 1 aliphatic rings. The van der Waals surface area contributed by atoms with Gasteiger partial charge >= 0.3 is 0 Å². The van der Waals surface area contributed by atoms with Crippen LogP contribution >= 0.6 is 0 Å². The molecule has 1 aromatic rings. The van der Waals surface area contributed by atoms with Gasteiger partial charge in [0.25, 0.3) is 0 Å². The highest BCUT2D eigenvalue weighted by molar-refractivity contribution is 5.19. The van der Waals surface area contributed by atoms with Crippen molar-refractivity contribution in [2.45, 2.75) is 39.2 Å². The molecule has 2 heteroatoms. The van der Waals surface area contributed by atoms with E-state index in [1.165, 1.54) is 24.8 Å². The second-order valence-corrected chi connectivity index (χ2v) is 6.17. The highest BCUT2D eigenvalue weighted by atomic mass is 16.3. The van der Waals surface area contributed by atoms with Crippen molar-refractivity contribution in [3.63, 3.8) is 0 Å². The zero-order valence-electron chi connectivity index (χ0n) is 12.2. The molecule has 1 saturated carbocycles. The lowest BCUT2D eigenvalue weighted by molar-refractivity contribution is 0.188. The van der Waals surface area contributed by atoms with E-state index in [1.807, 2.05) is 0 Å². The van der Waals surface area contributed by atoms with Crippen LogP contribution < -0.4 is 5.32 Å². The Hall–Kier alpha value is -0.860. The van der Waals surface area contributed by atoms with E-state index in [-0.39, 0.29) is 0 Å². The van der Waals surface area contributed by atoms with Gasteiger partial charge < -0.3 is 10.4 Å². The van der Waals surface area contributed by atoms with E-state index in [9.17, 15) is 5.11 Å². The lowest BCUT2D eigenvalue weighted by Gasteiger charge is -2.26. The van der Waals surface area contributed by atoms with Crippen LogP contribution in [0.2, 0.25) is 0 Å². The van der Waals surface area contributed by atoms with Crippen LogP contribution in [0.4, 0.5) is 0 Å². The maximum atomic E-state index is 9.40. The van der Waals surface area contributed by atoms with Gasteiger partial charge in [0.2, 0.25) is 0 Å². The van der Waals surface area contributed by atoms with Crippen molar-refractivity contribution in [2.75, 3.05) is 13.2 Å². The van der Waals surface area contributed by atoms with E-state index in [0.29, 0.717) is 30.4 Å². The van der Waals surface area contributed by atoms with E-state index in [0.717, 1.165) is 6.54 Å². The van der Waals surface area contributed by atoms with Crippen molar-refractivity contribution in [1.29, 1.82) is 0 Å². The Kier molecular flexibility index (Phi) is 5.41. The third-order valence-corrected chi connectivity index (χ3v) is 4.48. The second-order valence-electron chi connectivity index (χ2n) is 6.17. The molecule has 0 amide bonds. The molecular formula is C17H27NO. The first-order valence-electron chi connectivity index (χ1n) is 7.61. The maximum Gasteiger partial charge on any atom is 0.0462 e. The van der Waals surface area contributed by atoms with Gasteiger partial charge in [-0.2, -0.15) is 0 Å². The number of aliphatic hydroxyl groups is 1. The van der Waals surface area contributed by atoms with Gasteiger partial charge in [0.05, 0.1) is 0 Å². The lowest BCUT2D eigenvalue weighted by atomic mass is 9.93. The van der Waals surface area contributed by atoms with Crippen molar-refractivity contribution in [2.24, 2.45) is 17.8 Å². The molecule has 3 unspecified atom stereocenters. The summed E-state index contributed by atoms with van der Waals surface area (Å²) in [6.07, 6.45) is 3.73. The smallest absolute Gasteiger partial charge is 0.0462 e. The predicted octanol–water partition coefficient (Wildman–Crippen LogP) is 3.38. The Morgan fingerprint density at radius 3 is 2.47 bits per heavy atom. The summed E-state index contributed by atoms with van der Waals surface area (Å²) in [6, 6.07) is 11.1. The largest absolute Gasteiger partial charge is 0.396 e. The average molecular weight is 261 g/mol. The fourth-order valence-electron chi connectivity index (χ4n) is 3.30. The molecule has 0 saturated heterocycles. The third-order valence-electron chi connectivity index (χ3n) is 4.48. The van der Waals surface area contributed by atoms with Crippen molar-refractivity contribution in [3.8, 4) is 0 Å². The summed E-state index contributed by atoms with van der Waals surface area (Å²) in [5.74, 6) is 1.74. The Balaban J connectivity index is 1.95. The standard InChI is InChI=1S/C17H27NO/c1-13(2)17(14-7-4-3-5-8-14)18-11-15-9-6-10-16(15)12-19/h3-5,7-8,13,15-19H,6,9-12H2,1-2H3. The SMILES string of the molecule is CC(C)C(NCC1CCCC1CO)c1ccccc1. The minimum absolute atomic E-state index is 0.351. The summed E-state index contributed by atoms with van der Waals surface area (Å²) < 4.78 is 0. The zero-order valence-corrected chi connectivity index (χ0v) is 12.2. The molecule has 19 heavy (non-hydrogen) atoms. The quantitative estimate of drug-likeness (QED) is 0.823. The number of nitrogens with one attached hydrogen (secondary N) is 1. The van der Waals surface area contributed by atoms with Gasteiger partial charge in [0.15, 0.2) is 0 Å². The molecule has 2 N–H and O–H groups in total. The number of benzene rings is 1. The van der Waals surface area contributed by atoms with Gasteiger partial charge in [-0.05, 0) is 42.7 Å². The zero-order chi connectivity index (χ0) is 13.7. The van der Waals surface area contributed by atoms with Crippen molar-refractivity contribution >= 4 is 0 Å². The highest BCUT2D eigenvalue weighted by Gasteiger charge is 2.27. The highest BCUT2D eigenvalue weighted by Crippen LogP contribution is 2.31. The molecule has 106 valence electrons. The van der Waals surface area contributed by atoms with Crippen LogP contribution in [-0.4, -0.2) is 18.3 Å². The first-order valence-corrected chi connectivity index (χ1v) is 7.61. The van der Waals surface area contributed by atoms with Crippen LogP contribution in [0.25, 0.3) is 0 Å². The molecule has 0 heterocycles. The molecule has 1 aliphatic carbocycles. The van der Waals surface area contributed by atoms with E-state index in [2.05, 4.69) is 49.5 Å². The third kappa shape index (κ3) is 3.80. The van der Waals surface area contributed by atoms with Crippen LogP contribution in [0.3, 0.4) is 0 Å². The van der Waals surface area contributed by atoms with E-state index in [4.69, 9.17) is 0 Å². The van der Waals surface area contributed by atoms with Gasteiger partial charge in [-0.15, -0.1) is 0 Å².